The standard InChI is InChI=1S/C21H13F5N4OS/c1-30-10-27-9-15(30)17-18(11-4-2-5-12(8-11)21(24,25)26)32-20(28-17)29-19(31)16-13(22)6-3-7-14(16)23/h2-10H,1H3,(H,28,29,31). The van der Waals surface area contributed by atoms with Gasteiger partial charge in [0.1, 0.15) is 22.9 Å². The first-order valence-corrected chi connectivity index (χ1v) is 9.87. The fourth-order valence-electron chi connectivity index (χ4n) is 3.04. The number of nitrogens with zero attached hydrogens (tertiary/aromatic N) is 3. The second kappa shape index (κ2) is 8.15. The van der Waals surface area contributed by atoms with E-state index in [9.17, 15) is 26.7 Å². The molecule has 0 radical (unpaired) electrons. The summed E-state index contributed by atoms with van der Waals surface area (Å²) < 4.78 is 69.1. The molecule has 0 saturated heterocycles. The highest BCUT2D eigenvalue weighted by Gasteiger charge is 2.31. The highest BCUT2D eigenvalue weighted by Crippen LogP contribution is 2.41. The van der Waals surface area contributed by atoms with E-state index in [1.807, 2.05) is 0 Å². The summed E-state index contributed by atoms with van der Waals surface area (Å²) >= 11 is 0.877. The lowest BCUT2D eigenvalue weighted by Crippen LogP contribution is -2.15. The Bertz CT molecular complexity index is 1290. The Balaban J connectivity index is 1.79. The Labute approximate surface area is 182 Å². The van der Waals surface area contributed by atoms with Crippen LogP contribution in [0.2, 0.25) is 0 Å². The van der Waals surface area contributed by atoms with Gasteiger partial charge in [0.2, 0.25) is 0 Å². The third-order valence-electron chi connectivity index (χ3n) is 4.55. The lowest BCUT2D eigenvalue weighted by atomic mass is 10.1. The monoisotopic (exact) mass is 464 g/mol. The molecule has 0 fully saturated rings. The van der Waals surface area contributed by atoms with E-state index >= 15 is 0 Å². The molecular weight excluding hydrogens is 451 g/mol. The lowest BCUT2D eigenvalue weighted by Gasteiger charge is -2.09. The summed E-state index contributed by atoms with van der Waals surface area (Å²) in [5.74, 6) is -3.17. The van der Waals surface area contributed by atoms with Crippen LogP contribution in [0.15, 0.2) is 55.0 Å². The van der Waals surface area contributed by atoms with E-state index < -0.39 is 34.8 Å². The largest absolute Gasteiger partial charge is 0.416 e. The van der Waals surface area contributed by atoms with Crippen LogP contribution in [-0.2, 0) is 13.2 Å². The molecular formula is C21H13F5N4OS. The number of rotatable bonds is 4. The number of aryl methyl sites for hydroxylation is 1. The first-order chi connectivity index (χ1) is 15.1. The second-order valence-electron chi connectivity index (χ2n) is 6.72. The zero-order chi connectivity index (χ0) is 23.0. The van der Waals surface area contributed by atoms with Gasteiger partial charge in [-0.3, -0.25) is 10.1 Å². The van der Waals surface area contributed by atoms with Crippen molar-refractivity contribution in [2.45, 2.75) is 6.18 Å². The fraction of sp³-hybridized carbons (Fsp3) is 0.0952. The van der Waals surface area contributed by atoms with E-state index in [1.165, 1.54) is 24.7 Å². The number of thiazole rings is 1. The highest BCUT2D eigenvalue weighted by atomic mass is 32.1. The molecule has 11 heteroatoms. The number of hydrogen-bond donors (Lipinski definition) is 1. The van der Waals surface area contributed by atoms with Crippen LogP contribution in [0.3, 0.4) is 0 Å². The van der Waals surface area contributed by atoms with Crippen LogP contribution in [0.4, 0.5) is 27.1 Å². The Hall–Kier alpha value is -3.60. The van der Waals surface area contributed by atoms with Crippen LogP contribution in [-0.4, -0.2) is 20.4 Å². The number of hydrogen-bond acceptors (Lipinski definition) is 4. The van der Waals surface area contributed by atoms with Gasteiger partial charge >= 0.3 is 6.18 Å². The molecule has 1 amide bonds. The molecule has 164 valence electrons. The van der Waals surface area contributed by atoms with Gasteiger partial charge in [-0.2, -0.15) is 13.2 Å². The van der Waals surface area contributed by atoms with Gasteiger partial charge in [-0.25, -0.2) is 18.7 Å². The summed E-state index contributed by atoms with van der Waals surface area (Å²) in [6.45, 7) is 0. The van der Waals surface area contributed by atoms with Crippen molar-refractivity contribution in [1.82, 2.24) is 14.5 Å². The van der Waals surface area contributed by atoms with E-state index in [-0.39, 0.29) is 16.4 Å². The molecule has 1 N–H and O–H groups in total. The second-order valence-corrected chi connectivity index (χ2v) is 7.71. The minimum Gasteiger partial charge on any atom is -0.332 e. The maximum atomic E-state index is 13.9. The molecule has 0 unspecified atom stereocenters. The van der Waals surface area contributed by atoms with Crippen molar-refractivity contribution in [1.29, 1.82) is 0 Å². The molecule has 0 spiro atoms. The summed E-state index contributed by atoms with van der Waals surface area (Å²) in [6, 6.07) is 7.65. The number of anilines is 1. The number of imidazole rings is 1. The molecule has 4 rings (SSSR count). The Morgan fingerprint density at radius 2 is 1.78 bits per heavy atom. The van der Waals surface area contributed by atoms with Crippen LogP contribution in [0.5, 0.6) is 0 Å². The van der Waals surface area contributed by atoms with Gasteiger partial charge in [0.15, 0.2) is 5.13 Å². The summed E-state index contributed by atoms with van der Waals surface area (Å²) in [5.41, 5.74) is -0.681. The van der Waals surface area contributed by atoms with Crippen LogP contribution >= 0.6 is 11.3 Å². The molecule has 2 heterocycles. The van der Waals surface area contributed by atoms with Crippen molar-refractivity contribution in [3.8, 4) is 21.8 Å². The first kappa shape index (κ1) is 21.6. The van der Waals surface area contributed by atoms with Crippen molar-refractivity contribution < 1.29 is 26.7 Å². The molecule has 5 nitrogen and oxygen atoms in total. The van der Waals surface area contributed by atoms with Gasteiger partial charge in [-0.15, -0.1) is 0 Å². The van der Waals surface area contributed by atoms with Crippen molar-refractivity contribution in [2.24, 2.45) is 7.05 Å². The van der Waals surface area contributed by atoms with E-state index in [1.54, 1.807) is 11.6 Å². The Kier molecular flexibility index (Phi) is 5.51. The zero-order valence-electron chi connectivity index (χ0n) is 16.2. The zero-order valence-corrected chi connectivity index (χ0v) is 17.1. The van der Waals surface area contributed by atoms with Crippen LogP contribution in [0.25, 0.3) is 21.8 Å². The average Bonchev–Trinajstić information content (AvgIpc) is 3.33. The number of halogens is 5. The fourth-order valence-corrected chi connectivity index (χ4v) is 4.01. The summed E-state index contributed by atoms with van der Waals surface area (Å²) in [7, 11) is 1.67. The minimum atomic E-state index is -4.55. The SMILES string of the molecule is Cn1cncc1-c1nc(NC(=O)c2c(F)cccc2F)sc1-c1cccc(C(F)(F)F)c1. The van der Waals surface area contributed by atoms with Crippen molar-refractivity contribution in [3.05, 3.63) is 77.8 Å². The number of nitrogens with one attached hydrogen (secondary N) is 1. The third kappa shape index (κ3) is 4.11. The minimum absolute atomic E-state index is 0.0405. The predicted molar refractivity (Wildman–Crippen MR) is 109 cm³/mol. The number of aromatic nitrogens is 3. The van der Waals surface area contributed by atoms with Crippen LogP contribution < -0.4 is 5.32 Å². The molecule has 0 bridgehead atoms. The van der Waals surface area contributed by atoms with Crippen LogP contribution in [0.1, 0.15) is 15.9 Å². The van der Waals surface area contributed by atoms with Crippen molar-refractivity contribution in [2.75, 3.05) is 5.32 Å². The van der Waals surface area contributed by atoms with Gasteiger partial charge in [-0.05, 0) is 29.8 Å². The first-order valence-electron chi connectivity index (χ1n) is 9.05. The van der Waals surface area contributed by atoms with E-state index in [4.69, 9.17) is 0 Å². The lowest BCUT2D eigenvalue weighted by molar-refractivity contribution is -0.137. The number of carbonyl (C=O) groups is 1. The molecule has 32 heavy (non-hydrogen) atoms. The molecule has 0 atom stereocenters. The highest BCUT2D eigenvalue weighted by molar-refractivity contribution is 7.19. The maximum absolute atomic E-state index is 13.9. The number of carbonyl (C=O) groups excluding carboxylic acids is 1. The van der Waals surface area contributed by atoms with E-state index in [2.05, 4.69) is 15.3 Å². The molecule has 0 aliphatic carbocycles. The number of amides is 1. The number of benzene rings is 2. The molecule has 2 aromatic heterocycles. The third-order valence-corrected chi connectivity index (χ3v) is 5.57. The van der Waals surface area contributed by atoms with Gasteiger partial charge in [0.25, 0.3) is 5.91 Å². The molecule has 0 aliphatic rings. The van der Waals surface area contributed by atoms with E-state index in [0.29, 0.717) is 10.6 Å². The van der Waals surface area contributed by atoms with E-state index in [0.717, 1.165) is 41.7 Å². The topological polar surface area (TPSA) is 59.8 Å². The number of alkyl halides is 3. The van der Waals surface area contributed by atoms with Gasteiger partial charge < -0.3 is 4.57 Å². The normalized spacial score (nSPS) is 11.6. The summed E-state index contributed by atoms with van der Waals surface area (Å²) in [6.07, 6.45) is -1.60. The smallest absolute Gasteiger partial charge is 0.332 e. The Morgan fingerprint density at radius 3 is 2.41 bits per heavy atom. The van der Waals surface area contributed by atoms with Gasteiger partial charge in [0.05, 0.1) is 28.7 Å². The molecule has 0 aliphatic heterocycles. The predicted octanol–water partition coefficient (Wildman–Crippen LogP) is 5.76. The average molecular weight is 464 g/mol. The summed E-state index contributed by atoms with van der Waals surface area (Å²) in [4.78, 5) is 21.1. The van der Waals surface area contributed by atoms with Crippen molar-refractivity contribution in [3.63, 3.8) is 0 Å². The summed E-state index contributed by atoms with van der Waals surface area (Å²) in [5, 5.41) is 2.29. The van der Waals surface area contributed by atoms with Crippen molar-refractivity contribution >= 4 is 22.4 Å². The van der Waals surface area contributed by atoms with Gasteiger partial charge in [-0.1, -0.05) is 29.5 Å². The molecule has 0 saturated carbocycles. The van der Waals surface area contributed by atoms with Crippen LogP contribution in [0, 0.1) is 11.6 Å². The molecule has 2 aromatic carbocycles. The van der Waals surface area contributed by atoms with Gasteiger partial charge in [0, 0.05) is 7.05 Å². The maximum Gasteiger partial charge on any atom is 0.416 e. The molecule has 4 aromatic rings. The quantitative estimate of drug-likeness (QED) is 0.391. The Morgan fingerprint density at radius 1 is 1.09 bits per heavy atom.